The number of anilines is 2. The highest BCUT2D eigenvalue weighted by molar-refractivity contribution is 6.04. The van der Waals surface area contributed by atoms with E-state index in [1.54, 1.807) is 18.2 Å². The third-order valence-electron chi connectivity index (χ3n) is 3.01. The standard InChI is InChI=1S/C16H18N2O/c1-10-6-11(2)8-14(7-10)18-16(19)13-4-5-15(17)12(3)9-13/h4-9H,17H2,1-3H3,(H,18,19). The van der Waals surface area contributed by atoms with E-state index in [0.717, 1.165) is 22.4 Å². The molecular weight excluding hydrogens is 236 g/mol. The molecule has 3 heteroatoms. The van der Waals surface area contributed by atoms with Crippen molar-refractivity contribution in [1.82, 2.24) is 0 Å². The van der Waals surface area contributed by atoms with Crippen LogP contribution in [0.2, 0.25) is 0 Å². The lowest BCUT2D eigenvalue weighted by molar-refractivity contribution is 0.102. The van der Waals surface area contributed by atoms with Gasteiger partial charge in [0, 0.05) is 16.9 Å². The second kappa shape index (κ2) is 5.14. The maximum atomic E-state index is 12.1. The predicted molar refractivity (Wildman–Crippen MR) is 79.5 cm³/mol. The highest BCUT2D eigenvalue weighted by Gasteiger charge is 2.07. The van der Waals surface area contributed by atoms with E-state index in [-0.39, 0.29) is 5.91 Å². The van der Waals surface area contributed by atoms with Crippen molar-refractivity contribution < 1.29 is 4.79 Å². The third kappa shape index (κ3) is 3.13. The normalized spacial score (nSPS) is 10.3. The molecule has 0 aliphatic rings. The van der Waals surface area contributed by atoms with E-state index in [9.17, 15) is 4.79 Å². The number of nitrogen functional groups attached to an aromatic ring is 1. The van der Waals surface area contributed by atoms with Gasteiger partial charge in [-0.15, -0.1) is 0 Å². The van der Waals surface area contributed by atoms with Crippen LogP contribution in [-0.4, -0.2) is 5.91 Å². The molecule has 3 nitrogen and oxygen atoms in total. The van der Waals surface area contributed by atoms with E-state index in [0.29, 0.717) is 11.3 Å². The smallest absolute Gasteiger partial charge is 0.255 e. The van der Waals surface area contributed by atoms with Gasteiger partial charge in [-0.2, -0.15) is 0 Å². The zero-order valence-electron chi connectivity index (χ0n) is 11.4. The van der Waals surface area contributed by atoms with Gasteiger partial charge in [0.15, 0.2) is 0 Å². The van der Waals surface area contributed by atoms with Crippen LogP contribution >= 0.6 is 0 Å². The number of amides is 1. The van der Waals surface area contributed by atoms with Crippen LogP contribution in [0.4, 0.5) is 11.4 Å². The first-order valence-electron chi connectivity index (χ1n) is 6.21. The molecule has 2 aromatic rings. The van der Waals surface area contributed by atoms with Crippen molar-refractivity contribution in [3.05, 3.63) is 58.7 Å². The summed E-state index contributed by atoms with van der Waals surface area (Å²) < 4.78 is 0. The summed E-state index contributed by atoms with van der Waals surface area (Å²) >= 11 is 0. The summed E-state index contributed by atoms with van der Waals surface area (Å²) in [5.41, 5.74) is 11.0. The molecule has 0 bridgehead atoms. The lowest BCUT2D eigenvalue weighted by Crippen LogP contribution is -2.12. The Bertz CT molecular complexity index is 612. The summed E-state index contributed by atoms with van der Waals surface area (Å²) in [6, 6.07) is 11.3. The van der Waals surface area contributed by atoms with E-state index in [1.807, 2.05) is 32.9 Å². The molecule has 2 rings (SSSR count). The molecule has 2 aromatic carbocycles. The Morgan fingerprint density at radius 2 is 1.63 bits per heavy atom. The van der Waals surface area contributed by atoms with Gasteiger partial charge < -0.3 is 11.1 Å². The van der Waals surface area contributed by atoms with Gasteiger partial charge in [0.05, 0.1) is 0 Å². The minimum Gasteiger partial charge on any atom is -0.399 e. The first-order valence-corrected chi connectivity index (χ1v) is 6.21. The van der Waals surface area contributed by atoms with E-state index in [4.69, 9.17) is 5.73 Å². The maximum absolute atomic E-state index is 12.1. The van der Waals surface area contributed by atoms with Crippen molar-refractivity contribution in [2.45, 2.75) is 20.8 Å². The molecule has 19 heavy (non-hydrogen) atoms. The van der Waals surface area contributed by atoms with Crippen LogP contribution in [-0.2, 0) is 0 Å². The zero-order valence-corrected chi connectivity index (χ0v) is 11.4. The fraction of sp³-hybridized carbons (Fsp3) is 0.188. The average Bonchev–Trinajstić information content (AvgIpc) is 2.31. The number of hydrogen-bond acceptors (Lipinski definition) is 2. The van der Waals surface area contributed by atoms with Gasteiger partial charge >= 0.3 is 0 Å². The quantitative estimate of drug-likeness (QED) is 0.806. The Hall–Kier alpha value is -2.29. The largest absolute Gasteiger partial charge is 0.399 e. The second-order valence-corrected chi connectivity index (χ2v) is 4.90. The van der Waals surface area contributed by atoms with Gasteiger partial charge in [0.25, 0.3) is 5.91 Å². The minimum absolute atomic E-state index is 0.117. The average molecular weight is 254 g/mol. The lowest BCUT2D eigenvalue weighted by Gasteiger charge is -2.09. The molecule has 0 fully saturated rings. The van der Waals surface area contributed by atoms with Crippen LogP contribution in [0.1, 0.15) is 27.0 Å². The molecule has 0 aromatic heterocycles. The third-order valence-corrected chi connectivity index (χ3v) is 3.01. The summed E-state index contributed by atoms with van der Waals surface area (Å²) in [6.07, 6.45) is 0. The molecule has 0 saturated carbocycles. The molecule has 3 N–H and O–H groups in total. The van der Waals surface area contributed by atoms with Crippen LogP contribution in [0.15, 0.2) is 36.4 Å². The van der Waals surface area contributed by atoms with Gasteiger partial charge in [-0.1, -0.05) is 6.07 Å². The summed E-state index contributed by atoms with van der Waals surface area (Å²) in [5, 5.41) is 2.91. The molecule has 98 valence electrons. The number of carbonyl (C=O) groups is 1. The Morgan fingerprint density at radius 3 is 2.21 bits per heavy atom. The number of rotatable bonds is 2. The number of aryl methyl sites for hydroxylation is 3. The lowest BCUT2D eigenvalue weighted by atomic mass is 10.1. The Labute approximate surface area is 113 Å². The van der Waals surface area contributed by atoms with Gasteiger partial charge in [-0.25, -0.2) is 0 Å². The number of benzene rings is 2. The fourth-order valence-corrected chi connectivity index (χ4v) is 2.07. The molecule has 0 aliphatic carbocycles. The van der Waals surface area contributed by atoms with E-state index in [1.165, 1.54) is 0 Å². The fourth-order valence-electron chi connectivity index (χ4n) is 2.07. The molecular formula is C16H18N2O. The summed E-state index contributed by atoms with van der Waals surface area (Å²) in [6.45, 7) is 5.91. The number of nitrogens with two attached hydrogens (primary N) is 1. The molecule has 0 saturated heterocycles. The van der Waals surface area contributed by atoms with E-state index < -0.39 is 0 Å². The first-order chi connectivity index (χ1) is 8.95. The summed E-state index contributed by atoms with van der Waals surface area (Å²) in [4.78, 5) is 12.1. The minimum atomic E-state index is -0.117. The van der Waals surface area contributed by atoms with Crippen LogP contribution in [0.5, 0.6) is 0 Å². The van der Waals surface area contributed by atoms with Crippen molar-refractivity contribution in [2.75, 3.05) is 11.1 Å². The van der Waals surface area contributed by atoms with Crippen molar-refractivity contribution in [3.63, 3.8) is 0 Å². The number of nitrogens with one attached hydrogen (secondary N) is 1. The van der Waals surface area contributed by atoms with Crippen molar-refractivity contribution in [2.24, 2.45) is 0 Å². The van der Waals surface area contributed by atoms with Crippen LogP contribution < -0.4 is 11.1 Å². The van der Waals surface area contributed by atoms with Crippen LogP contribution in [0, 0.1) is 20.8 Å². The Balaban J connectivity index is 2.22. The molecule has 1 amide bonds. The number of hydrogen-bond donors (Lipinski definition) is 2. The van der Waals surface area contributed by atoms with Crippen LogP contribution in [0.25, 0.3) is 0 Å². The SMILES string of the molecule is Cc1cc(C)cc(NC(=O)c2ccc(N)c(C)c2)c1. The summed E-state index contributed by atoms with van der Waals surface area (Å²) in [5.74, 6) is -0.117. The van der Waals surface area contributed by atoms with Gasteiger partial charge in [-0.05, 0) is 67.8 Å². The Morgan fingerprint density at radius 1 is 1.00 bits per heavy atom. The first kappa shape index (κ1) is 13.1. The highest BCUT2D eigenvalue weighted by Crippen LogP contribution is 2.17. The second-order valence-electron chi connectivity index (χ2n) is 4.90. The zero-order chi connectivity index (χ0) is 14.0. The molecule has 0 atom stereocenters. The molecule has 0 heterocycles. The van der Waals surface area contributed by atoms with Crippen molar-refractivity contribution in [1.29, 1.82) is 0 Å². The topological polar surface area (TPSA) is 55.1 Å². The Kier molecular flexibility index (Phi) is 3.56. The van der Waals surface area contributed by atoms with Crippen molar-refractivity contribution in [3.8, 4) is 0 Å². The van der Waals surface area contributed by atoms with E-state index in [2.05, 4.69) is 11.4 Å². The van der Waals surface area contributed by atoms with Crippen LogP contribution in [0.3, 0.4) is 0 Å². The van der Waals surface area contributed by atoms with E-state index >= 15 is 0 Å². The number of carbonyl (C=O) groups excluding carboxylic acids is 1. The van der Waals surface area contributed by atoms with Gasteiger partial charge in [0.1, 0.15) is 0 Å². The van der Waals surface area contributed by atoms with Gasteiger partial charge in [0.2, 0.25) is 0 Å². The molecule has 0 aliphatic heterocycles. The molecule has 0 unspecified atom stereocenters. The predicted octanol–water partition coefficient (Wildman–Crippen LogP) is 3.45. The van der Waals surface area contributed by atoms with Crippen molar-refractivity contribution >= 4 is 17.3 Å². The maximum Gasteiger partial charge on any atom is 0.255 e. The highest BCUT2D eigenvalue weighted by atomic mass is 16.1. The monoisotopic (exact) mass is 254 g/mol. The molecule has 0 radical (unpaired) electrons. The molecule has 0 spiro atoms. The van der Waals surface area contributed by atoms with Gasteiger partial charge in [-0.3, -0.25) is 4.79 Å². The summed E-state index contributed by atoms with van der Waals surface area (Å²) in [7, 11) is 0.